The predicted molar refractivity (Wildman–Crippen MR) is 116 cm³/mol. The number of hydrogen-bond donors (Lipinski definition) is 0. The number of hydrogen-bond acceptors (Lipinski definition) is 5. The lowest BCUT2D eigenvalue weighted by atomic mass is 10.1. The molecule has 3 aromatic heterocycles. The molecule has 148 valence electrons. The first kappa shape index (κ1) is 18.3. The molecule has 0 aliphatic rings. The summed E-state index contributed by atoms with van der Waals surface area (Å²) in [7, 11) is 2.05. The van der Waals surface area contributed by atoms with Crippen LogP contribution in [0.5, 0.6) is 0 Å². The second-order valence-corrected chi connectivity index (χ2v) is 7.37. The van der Waals surface area contributed by atoms with Crippen molar-refractivity contribution in [1.82, 2.24) is 24.7 Å². The first-order chi connectivity index (χ1) is 14.8. The molecule has 0 spiro atoms. The van der Waals surface area contributed by atoms with E-state index in [1.807, 2.05) is 84.8 Å². The molecule has 0 unspecified atom stereocenters. The van der Waals surface area contributed by atoms with Gasteiger partial charge in [-0.3, -0.25) is 4.90 Å². The van der Waals surface area contributed by atoms with E-state index in [2.05, 4.69) is 32.3 Å². The molecule has 0 atom stereocenters. The minimum atomic E-state index is 0.659. The van der Waals surface area contributed by atoms with E-state index in [1.54, 1.807) is 0 Å². The standard InChI is InChI=1S/C24H21N5O/c1-28(17-21-12-23(27-30-21)20-10-6-3-7-11-20)15-18-13-25-24-22(14-26-29(24)16-18)19-8-4-2-5-9-19/h2-14,16H,15,17H2,1H3. The number of benzene rings is 2. The summed E-state index contributed by atoms with van der Waals surface area (Å²) in [5.74, 6) is 0.829. The SMILES string of the molecule is CN(Cc1cnc2c(-c3ccccc3)cnn2c1)Cc1cc(-c2ccccc2)no1. The van der Waals surface area contributed by atoms with E-state index in [-0.39, 0.29) is 0 Å². The maximum atomic E-state index is 5.53. The molecule has 0 saturated carbocycles. The molecule has 6 nitrogen and oxygen atoms in total. The average Bonchev–Trinajstić information content (AvgIpc) is 3.42. The van der Waals surface area contributed by atoms with Crippen LogP contribution in [0.1, 0.15) is 11.3 Å². The van der Waals surface area contributed by atoms with Crippen molar-refractivity contribution >= 4 is 5.65 Å². The van der Waals surface area contributed by atoms with Crippen LogP contribution in [-0.4, -0.2) is 31.7 Å². The van der Waals surface area contributed by atoms with E-state index >= 15 is 0 Å². The third kappa shape index (κ3) is 3.73. The summed E-state index contributed by atoms with van der Waals surface area (Å²) in [5, 5.41) is 8.68. The summed E-state index contributed by atoms with van der Waals surface area (Å²) in [5.41, 5.74) is 5.99. The molecule has 0 fully saturated rings. The Kier molecular flexibility index (Phi) is 4.83. The van der Waals surface area contributed by atoms with Gasteiger partial charge in [0.05, 0.1) is 12.7 Å². The van der Waals surface area contributed by atoms with Gasteiger partial charge in [-0.1, -0.05) is 65.8 Å². The first-order valence-corrected chi connectivity index (χ1v) is 9.83. The second kappa shape index (κ2) is 7.93. The van der Waals surface area contributed by atoms with Gasteiger partial charge in [0.15, 0.2) is 11.4 Å². The van der Waals surface area contributed by atoms with Gasteiger partial charge in [0, 0.05) is 41.7 Å². The van der Waals surface area contributed by atoms with Gasteiger partial charge in [-0.05, 0) is 12.6 Å². The van der Waals surface area contributed by atoms with Crippen LogP contribution in [0.3, 0.4) is 0 Å². The Morgan fingerprint density at radius 1 is 0.900 bits per heavy atom. The van der Waals surface area contributed by atoms with Gasteiger partial charge in [0.2, 0.25) is 0 Å². The molecule has 0 amide bonds. The second-order valence-electron chi connectivity index (χ2n) is 7.37. The van der Waals surface area contributed by atoms with Crippen molar-refractivity contribution in [3.05, 3.63) is 96.6 Å². The number of aromatic nitrogens is 4. The van der Waals surface area contributed by atoms with Gasteiger partial charge < -0.3 is 4.52 Å². The van der Waals surface area contributed by atoms with E-state index in [0.717, 1.165) is 45.9 Å². The quantitative estimate of drug-likeness (QED) is 0.418. The fourth-order valence-electron chi connectivity index (χ4n) is 3.58. The lowest BCUT2D eigenvalue weighted by molar-refractivity contribution is 0.266. The van der Waals surface area contributed by atoms with Crippen molar-refractivity contribution in [2.45, 2.75) is 13.1 Å². The number of fused-ring (bicyclic) bond motifs is 1. The highest BCUT2D eigenvalue weighted by Crippen LogP contribution is 2.23. The smallest absolute Gasteiger partial charge is 0.162 e. The fraction of sp³-hybridized carbons (Fsp3) is 0.125. The maximum absolute atomic E-state index is 5.53. The van der Waals surface area contributed by atoms with Gasteiger partial charge in [0.1, 0.15) is 5.69 Å². The number of rotatable bonds is 6. The maximum Gasteiger partial charge on any atom is 0.162 e. The van der Waals surface area contributed by atoms with E-state index in [1.165, 1.54) is 0 Å². The Balaban J connectivity index is 1.29. The first-order valence-electron chi connectivity index (χ1n) is 9.83. The van der Waals surface area contributed by atoms with Crippen molar-refractivity contribution < 1.29 is 4.52 Å². The molecule has 0 bridgehead atoms. The molecule has 5 rings (SSSR count). The monoisotopic (exact) mass is 395 g/mol. The van der Waals surface area contributed by atoms with E-state index in [4.69, 9.17) is 4.52 Å². The van der Waals surface area contributed by atoms with E-state index in [9.17, 15) is 0 Å². The Hall–Kier alpha value is -3.77. The molecule has 2 aromatic carbocycles. The van der Waals surface area contributed by atoms with Crippen LogP contribution >= 0.6 is 0 Å². The van der Waals surface area contributed by atoms with Crippen LogP contribution in [0.4, 0.5) is 0 Å². The molecule has 0 saturated heterocycles. The molecule has 0 aliphatic carbocycles. The third-order valence-corrected chi connectivity index (χ3v) is 5.00. The molecular weight excluding hydrogens is 374 g/mol. The van der Waals surface area contributed by atoms with Crippen LogP contribution in [-0.2, 0) is 13.1 Å². The normalized spacial score (nSPS) is 11.4. The lowest BCUT2D eigenvalue weighted by Crippen LogP contribution is -2.17. The van der Waals surface area contributed by atoms with Gasteiger partial charge >= 0.3 is 0 Å². The highest BCUT2D eigenvalue weighted by Gasteiger charge is 2.12. The van der Waals surface area contributed by atoms with Crippen LogP contribution < -0.4 is 0 Å². The Labute approximate surface area is 174 Å². The highest BCUT2D eigenvalue weighted by molar-refractivity contribution is 5.76. The molecular formula is C24H21N5O. The van der Waals surface area contributed by atoms with Crippen molar-refractivity contribution in [2.75, 3.05) is 7.05 Å². The summed E-state index contributed by atoms with van der Waals surface area (Å²) in [4.78, 5) is 6.83. The molecule has 3 heterocycles. The Morgan fingerprint density at radius 2 is 1.63 bits per heavy atom. The molecule has 0 radical (unpaired) electrons. The predicted octanol–water partition coefficient (Wildman–Crippen LogP) is 4.68. The van der Waals surface area contributed by atoms with Crippen LogP contribution in [0.2, 0.25) is 0 Å². The van der Waals surface area contributed by atoms with E-state index < -0.39 is 0 Å². The topological polar surface area (TPSA) is 59.5 Å². The van der Waals surface area contributed by atoms with Crippen molar-refractivity contribution in [1.29, 1.82) is 0 Å². The highest BCUT2D eigenvalue weighted by atomic mass is 16.5. The van der Waals surface area contributed by atoms with Gasteiger partial charge in [-0.15, -0.1) is 0 Å². The molecule has 0 N–H and O–H groups in total. The largest absolute Gasteiger partial charge is 0.359 e. The zero-order valence-electron chi connectivity index (χ0n) is 16.6. The lowest BCUT2D eigenvalue weighted by Gasteiger charge is -2.14. The molecule has 0 aliphatic heterocycles. The van der Waals surface area contributed by atoms with Crippen LogP contribution in [0.15, 0.2) is 89.8 Å². The van der Waals surface area contributed by atoms with Crippen molar-refractivity contribution in [2.24, 2.45) is 0 Å². The minimum Gasteiger partial charge on any atom is -0.359 e. The van der Waals surface area contributed by atoms with Gasteiger partial charge in [0.25, 0.3) is 0 Å². The zero-order valence-corrected chi connectivity index (χ0v) is 16.6. The Morgan fingerprint density at radius 3 is 2.40 bits per heavy atom. The average molecular weight is 395 g/mol. The van der Waals surface area contributed by atoms with Gasteiger partial charge in [-0.25, -0.2) is 9.50 Å². The van der Waals surface area contributed by atoms with Gasteiger partial charge in [-0.2, -0.15) is 5.10 Å². The Bertz CT molecular complexity index is 1260. The summed E-state index contributed by atoms with van der Waals surface area (Å²) >= 11 is 0. The zero-order chi connectivity index (χ0) is 20.3. The van der Waals surface area contributed by atoms with Crippen LogP contribution in [0.25, 0.3) is 28.0 Å². The molecule has 5 aromatic rings. The minimum absolute atomic E-state index is 0.659. The fourth-order valence-corrected chi connectivity index (χ4v) is 3.58. The molecule has 30 heavy (non-hydrogen) atoms. The van der Waals surface area contributed by atoms with Crippen molar-refractivity contribution in [3.63, 3.8) is 0 Å². The third-order valence-electron chi connectivity index (χ3n) is 5.00. The summed E-state index contributed by atoms with van der Waals surface area (Å²) in [6, 6.07) is 22.2. The van der Waals surface area contributed by atoms with E-state index in [0.29, 0.717) is 6.54 Å². The summed E-state index contributed by atoms with van der Waals surface area (Å²) in [6.07, 6.45) is 5.81. The number of nitrogens with zero attached hydrogens (tertiary/aromatic N) is 5. The summed E-state index contributed by atoms with van der Waals surface area (Å²) in [6.45, 7) is 1.39. The molecule has 6 heteroatoms. The van der Waals surface area contributed by atoms with Crippen molar-refractivity contribution in [3.8, 4) is 22.4 Å². The summed E-state index contributed by atoms with van der Waals surface area (Å²) < 4.78 is 7.37. The van der Waals surface area contributed by atoms with Crippen LogP contribution in [0, 0.1) is 0 Å².